The minimum atomic E-state index is -0.576. The van der Waals surface area contributed by atoms with Crippen LogP contribution in [0, 0.1) is 11.3 Å². The molecule has 0 amide bonds. The van der Waals surface area contributed by atoms with Crippen molar-refractivity contribution in [2.24, 2.45) is 0 Å². The van der Waals surface area contributed by atoms with E-state index >= 15 is 0 Å². The first-order valence-electron chi connectivity index (χ1n) is 3.06. The molecule has 0 bridgehead atoms. The second-order valence-electron chi connectivity index (χ2n) is 1.59. The van der Waals surface area contributed by atoms with Gasteiger partial charge in [0.15, 0.2) is 0 Å². The molecule has 0 unspecified atom stereocenters. The molecule has 0 rings (SSSR count). The van der Waals surface area contributed by atoms with E-state index in [1.807, 2.05) is 6.92 Å². The van der Waals surface area contributed by atoms with Crippen LogP contribution in [0.3, 0.4) is 0 Å². The second-order valence-corrected chi connectivity index (χ2v) is 2.74. The zero-order chi connectivity index (χ0) is 8.69. The normalized spacial score (nSPS) is 10.5. The fourth-order valence-electron chi connectivity index (χ4n) is 0.397. The Morgan fingerprint density at radius 1 is 1.82 bits per heavy atom. The van der Waals surface area contributed by atoms with Crippen molar-refractivity contribution in [3.05, 3.63) is 11.0 Å². The largest absolute Gasteiger partial charge is 0.465 e. The Bertz CT molecular complexity index is 205. The molecule has 0 aromatic carbocycles. The lowest BCUT2D eigenvalue weighted by molar-refractivity contribution is -0.135. The first kappa shape index (κ1) is 10.0. The van der Waals surface area contributed by atoms with Crippen LogP contribution in [0.25, 0.3) is 0 Å². The van der Waals surface area contributed by atoms with Gasteiger partial charge in [-0.25, -0.2) is 4.79 Å². The lowest BCUT2D eigenvalue weighted by Crippen LogP contribution is -2.01. The van der Waals surface area contributed by atoms with Gasteiger partial charge < -0.3 is 4.74 Å². The third-order valence-corrected chi connectivity index (χ3v) is 1.63. The number of carbonyl (C=O) groups excluding carboxylic acids is 1. The molecule has 0 aliphatic heterocycles. The number of methoxy groups -OCH3 is 1. The van der Waals surface area contributed by atoms with E-state index in [1.54, 1.807) is 6.07 Å². The summed E-state index contributed by atoms with van der Waals surface area (Å²) in [7, 11) is 1.25. The third kappa shape index (κ3) is 3.68. The molecular formula is C7H9NO2S. The minimum Gasteiger partial charge on any atom is -0.465 e. The molecule has 0 aliphatic carbocycles. The molecule has 0 radical (unpaired) electrons. The van der Waals surface area contributed by atoms with Gasteiger partial charge in [0.2, 0.25) is 0 Å². The van der Waals surface area contributed by atoms with Crippen molar-refractivity contribution in [1.29, 1.82) is 5.26 Å². The molecular weight excluding hydrogens is 162 g/mol. The van der Waals surface area contributed by atoms with Crippen LogP contribution in [0.4, 0.5) is 0 Å². The number of rotatable bonds is 3. The first-order chi connectivity index (χ1) is 5.26. The first-order valence-corrected chi connectivity index (χ1v) is 4.11. The summed E-state index contributed by atoms with van der Waals surface area (Å²) in [5.41, 5.74) is 0.0550. The predicted octanol–water partition coefficient (Wildman–Crippen LogP) is 1.32. The summed E-state index contributed by atoms with van der Waals surface area (Å²) < 4.78 is 4.36. The highest BCUT2D eigenvalue weighted by molar-refractivity contribution is 8.02. The Hall–Kier alpha value is -0.950. The third-order valence-electron chi connectivity index (χ3n) is 0.894. The number of carbonyl (C=O) groups is 1. The van der Waals surface area contributed by atoms with Crippen LogP contribution in [0.15, 0.2) is 11.0 Å². The van der Waals surface area contributed by atoms with E-state index in [-0.39, 0.29) is 5.57 Å². The maximum Gasteiger partial charge on any atom is 0.349 e. The summed E-state index contributed by atoms with van der Waals surface area (Å²) >= 11 is 1.40. The summed E-state index contributed by atoms with van der Waals surface area (Å²) in [6.45, 7) is 1.94. The van der Waals surface area contributed by atoms with E-state index in [0.717, 1.165) is 5.75 Å². The van der Waals surface area contributed by atoms with Gasteiger partial charge in [-0.05, 0) is 11.2 Å². The summed E-state index contributed by atoms with van der Waals surface area (Å²) in [6.07, 6.45) is 0. The van der Waals surface area contributed by atoms with Crippen LogP contribution in [-0.4, -0.2) is 18.8 Å². The quantitative estimate of drug-likeness (QED) is 0.365. The maximum absolute atomic E-state index is 10.7. The Morgan fingerprint density at radius 2 is 2.45 bits per heavy atom. The lowest BCUT2D eigenvalue weighted by atomic mass is 10.3. The summed E-state index contributed by atoms with van der Waals surface area (Å²) in [5.74, 6) is 0.260. The summed E-state index contributed by atoms with van der Waals surface area (Å²) in [6, 6.07) is 1.75. The molecule has 0 spiro atoms. The lowest BCUT2D eigenvalue weighted by Gasteiger charge is -1.93. The molecule has 0 aromatic rings. The molecule has 60 valence electrons. The van der Waals surface area contributed by atoms with Crippen molar-refractivity contribution in [2.45, 2.75) is 6.92 Å². The standard InChI is InChI=1S/C7H9NO2S/c1-3-11-5-6(4-8)7(9)10-2/h5H,3H2,1-2H3. The Balaban J connectivity index is 4.18. The van der Waals surface area contributed by atoms with E-state index in [0.29, 0.717) is 0 Å². The fourth-order valence-corrected chi connectivity index (χ4v) is 0.879. The summed E-state index contributed by atoms with van der Waals surface area (Å²) in [4.78, 5) is 10.7. The average molecular weight is 171 g/mol. The average Bonchev–Trinajstić information content (AvgIpc) is 2.05. The van der Waals surface area contributed by atoms with Crippen molar-refractivity contribution < 1.29 is 9.53 Å². The van der Waals surface area contributed by atoms with E-state index in [1.165, 1.54) is 24.3 Å². The zero-order valence-corrected chi connectivity index (χ0v) is 7.27. The molecule has 0 aliphatic rings. The van der Waals surface area contributed by atoms with Gasteiger partial charge in [-0.15, -0.1) is 11.8 Å². The monoisotopic (exact) mass is 171 g/mol. The van der Waals surface area contributed by atoms with Gasteiger partial charge in [-0.1, -0.05) is 6.92 Å². The highest BCUT2D eigenvalue weighted by Crippen LogP contribution is 2.06. The number of hydrogen-bond acceptors (Lipinski definition) is 4. The molecule has 0 heterocycles. The van der Waals surface area contributed by atoms with E-state index in [4.69, 9.17) is 5.26 Å². The molecule has 4 heteroatoms. The number of thioether (sulfide) groups is 1. The molecule has 0 saturated carbocycles. The summed E-state index contributed by atoms with van der Waals surface area (Å²) in [5, 5.41) is 9.93. The van der Waals surface area contributed by atoms with Gasteiger partial charge in [-0.2, -0.15) is 5.26 Å². The Morgan fingerprint density at radius 3 is 2.82 bits per heavy atom. The number of nitrogens with zero attached hydrogens (tertiary/aromatic N) is 1. The highest BCUT2D eigenvalue weighted by Gasteiger charge is 2.06. The van der Waals surface area contributed by atoms with Crippen LogP contribution in [0.5, 0.6) is 0 Å². The van der Waals surface area contributed by atoms with Crippen LogP contribution in [-0.2, 0) is 9.53 Å². The van der Waals surface area contributed by atoms with Crippen molar-refractivity contribution in [3.63, 3.8) is 0 Å². The molecule has 0 fully saturated rings. The van der Waals surface area contributed by atoms with Crippen molar-refractivity contribution >= 4 is 17.7 Å². The van der Waals surface area contributed by atoms with E-state index < -0.39 is 5.97 Å². The van der Waals surface area contributed by atoms with E-state index in [2.05, 4.69) is 4.74 Å². The van der Waals surface area contributed by atoms with Crippen LogP contribution < -0.4 is 0 Å². The molecule has 0 N–H and O–H groups in total. The van der Waals surface area contributed by atoms with Gasteiger partial charge in [0, 0.05) is 0 Å². The van der Waals surface area contributed by atoms with Crippen LogP contribution in [0.1, 0.15) is 6.92 Å². The second kappa shape index (κ2) is 5.81. The number of nitriles is 1. The molecule has 11 heavy (non-hydrogen) atoms. The van der Waals surface area contributed by atoms with Gasteiger partial charge in [-0.3, -0.25) is 0 Å². The SMILES string of the molecule is CCSC=C(C#N)C(=O)OC. The van der Waals surface area contributed by atoms with Crippen molar-refractivity contribution in [1.82, 2.24) is 0 Å². The Kier molecular flexibility index (Phi) is 5.30. The highest BCUT2D eigenvalue weighted by atomic mass is 32.2. The number of ether oxygens (including phenoxy) is 1. The maximum atomic E-state index is 10.7. The van der Waals surface area contributed by atoms with Crippen molar-refractivity contribution in [2.75, 3.05) is 12.9 Å². The number of esters is 1. The molecule has 0 aromatic heterocycles. The zero-order valence-electron chi connectivity index (χ0n) is 6.46. The van der Waals surface area contributed by atoms with Crippen LogP contribution in [0.2, 0.25) is 0 Å². The van der Waals surface area contributed by atoms with E-state index in [9.17, 15) is 4.79 Å². The minimum absolute atomic E-state index is 0.0550. The van der Waals surface area contributed by atoms with Crippen LogP contribution >= 0.6 is 11.8 Å². The molecule has 0 atom stereocenters. The van der Waals surface area contributed by atoms with Gasteiger partial charge in [0.05, 0.1) is 7.11 Å². The van der Waals surface area contributed by atoms with Crippen molar-refractivity contribution in [3.8, 4) is 6.07 Å². The number of hydrogen-bond donors (Lipinski definition) is 0. The van der Waals surface area contributed by atoms with Gasteiger partial charge >= 0.3 is 5.97 Å². The topological polar surface area (TPSA) is 50.1 Å². The van der Waals surface area contributed by atoms with Gasteiger partial charge in [0.25, 0.3) is 0 Å². The predicted molar refractivity (Wildman–Crippen MR) is 43.8 cm³/mol. The van der Waals surface area contributed by atoms with Gasteiger partial charge in [0.1, 0.15) is 11.6 Å². The molecule has 3 nitrogen and oxygen atoms in total. The Labute approximate surface area is 70.0 Å². The molecule has 0 saturated heterocycles. The smallest absolute Gasteiger partial charge is 0.349 e. The fraction of sp³-hybridized carbons (Fsp3) is 0.429.